The second-order valence-corrected chi connectivity index (χ2v) is 25.9. The van der Waals surface area contributed by atoms with E-state index in [0.29, 0.717) is 12.8 Å². The Hall–Kier alpha value is -9.29. The maximum atomic E-state index is 14.3. The Morgan fingerprint density at radius 3 is 1.40 bits per heavy atom. The van der Waals surface area contributed by atoms with Crippen molar-refractivity contribution in [1.29, 1.82) is 0 Å². The second kappa shape index (κ2) is 46.9. The summed E-state index contributed by atoms with van der Waals surface area (Å²) in [5, 5.41) is 39.8. The van der Waals surface area contributed by atoms with Crippen LogP contribution in [0.2, 0.25) is 0 Å². The predicted molar refractivity (Wildman–Crippen MR) is 365 cm³/mol. The van der Waals surface area contributed by atoms with Crippen LogP contribution in [0, 0.1) is 23.7 Å². The first-order valence-electron chi connectivity index (χ1n) is 34.1. The molecule has 0 radical (unpaired) electrons. The Morgan fingerprint density at radius 1 is 0.450 bits per heavy atom. The summed E-state index contributed by atoms with van der Waals surface area (Å²) in [6.45, 7) is 11.7. The number of carbonyl (C=O) groups excluding carboxylic acids is 15. The zero-order chi connectivity index (χ0) is 75.9. The van der Waals surface area contributed by atoms with Crippen LogP contribution in [0.3, 0.4) is 0 Å². The molecule has 1 aliphatic rings. The third-order valence-corrected chi connectivity index (χ3v) is 16.6. The van der Waals surface area contributed by atoms with Crippen molar-refractivity contribution in [2.24, 2.45) is 68.8 Å². The van der Waals surface area contributed by atoms with E-state index in [1.807, 2.05) is 0 Å². The number of hydrogen-bond donors (Lipinski definition) is 20. The summed E-state index contributed by atoms with van der Waals surface area (Å²) in [5.74, 6) is -16.8. The molecule has 0 aliphatic heterocycles. The van der Waals surface area contributed by atoms with Gasteiger partial charge < -0.3 is 109 Å². The van der Waals surface area contributed by atoms with Gasteiger partial charge in [-0.15, -0.1) is 0 Å². The quantitative estimate of drug-likeness (QED) is 0.0153. The molecule has 1 saturated carbocycles. The number of primary amides is 3. The van der Waals surface area contributed by atoms with Gasteiger partial charge >= 0.3 is 5.97 Å². The first-order chi connectivity index (χ1) is 47.0. The van der Waals surface area contributed by atoms with Gasteiger partial charge in [0, 0.05) is 26.3 Å². The van der Waals surface area contributed by atoms with Gasteiger partial charge in [-0.25, -0.2) is 0 Å². The van der Waals surface area contributed by atoms with Crippen LogP contribution in [0.15, 0.2) is 4.99 Å². The predicted octanol–water partition coefficient (Wildman–Crippen LogP) is -5.78. The lowest BCUT2D eigenvalue weighted by molar-refractivity contribution is -0.139. The van der Waals surface area contributed by atoms with Gasteiger partial charge in [-0.2, -0.15) is 0 Å². The Morgan fingerprint density at radius 2 is 0.900 bits per heavy atom. The minimum atomic E-state index is -1.77. The zero-order valence-corrected chi connectivity index (χ0v) is 58.9. The number of carbonyl (C=O) groups is 16. The van der Waals surface area contributed by atoms with Gasteiger partial charge in [0.05, 0.1) is 13.0 Å². The van der Waals surface area contributed by atoms with E-state index in [1.165, 1.54) is 13.8 Å². The SMILES string of the molecule is CC[C@H](C)[C@H](NC(=O)[C@H](CCC(=O)O)NC(=O)[C@H](CCCCN)NC(=O)CNC(=O)[C@H](CC(N)=O)NC(=O)[C@@H](NC(=O)[C@H](CCCN)NC(=O)[C@@H](NC(=O)[C@H](CC1CCCCC1)NC(=O)[C@H](CCCN=C(N)N)NC(C)=O)C(C)C)C(C)C)C(=O)N[C@@H](C)C(=O)N[C@@H](CCC(N)=O)C(N)=O. The Bertz CT molecular complexity index is 2820. The van der Waals surface area contributed by atoms with Crippen LogP contribution in [0.4, 0.5) is 0 Å². The van der Waals surface area contributed by atoms with Gasteiger partial charge in [-0.1, -0.05) is 80.1 Å². The molecule has 100 heavy (non-hydrogen) atoms. The number of aliphatic imine (C=N–C) groups is 1. The molecule has 566 valence electrons. The fraction of sp³-hybridized carbons (Fsp3) is 0.730. The standard InChI is InChI=1S/C63H112N20O17/c1-9-34(6)51(62(100)73-35(7)53(91)76-38(52(68)90)22-24-45(66)85)83-58(96)42(23-25-48(88)89)77-56(94)40(19-13-14-26-64)75-47(87)31-72-54(92)44(30-46(67)86)80-61(99)50(33(4)5)81-57(95)41(20-15-27-65)78-60(98)49(32(2)3)82-59(97)43(29-37-17-11-10-12-18-37)79-55(93)39(74-36(8)84)21-16-28-71-63(69)70/h32-35,37-44,49-51H,9-31,64-65H2,1-8H3,(H2,66,85)(H2,67,86)(H2,68,90)(H,72,92)(H,73,100)(H,74,84)(H,75,87)(H,76,91)(H,77,94)(H,78,98)(H,79,93)(H,80,99)(H,81,95)(H,82,97)(H,83,96)(H,88,89)(H4,69,70,71)/t34-,35-,38-,39-,40-,41-,42-,43-,44-,49-,50-,51-/m0/s1. The summed E-state index contributed by atoms with van der Waals surface area (Å²) >= 11 is 0. The van der Waals surface area contributed by atoms with Crippen LogP contribution in [0.5, 0.6) is 0 Å². The topological polar surface area (TPSA) is 632 Å². The van der Waals surface area contributed by atoms with Crippen molar-refractivity contribution in [2.45, 2.75) is 244 Å². The molecule has 0 aromatic heterocycles. The number of aliphatic carboxylic acids is 1. The van der Waals surface area contributed by atoms with E-state index in [4.69, 9.17) is 40.1 Å². The van der Waals surface area contributed by atoms with Crippen molar-refractivity contribution in [3.05, 3.63) is 0 Å². The van der Waals surface area contributed by atoms with E-state index < -0.39 is 205 Å². The van der Waals surface area contributed by atoms with E-state index in [0.717, 1.165) is 32.1 Å². The van der Waals surface area contributed by atoms with E-state index in [-0.39, 0.29) is 89.3 Å². The number of nitrogens with one attached hydrogen (secondary N) is 12. The zero-order valence-electron chi connectivity index (χ0n) is 58.9. The number of amides is 15. The molecule has 0 unspecified atom stereocenters. The van der Waals surface area contributed by atoms with Gasteiger partial charge in [0.25, 0.3) is 0 Å². The van der Waals surface area contributed by atoms with Crippen LogP contribution >= 0.6 is 0 Å². The molecule has 1 fully saturated rings. The molecule has 0 saturated heterocycles. The number of unbranched alkanes of at least 4 members (excludes halogenated alkanes) is 1. The Kier molecular flexibility index (Phi) is 41.6. The van der Waals surface area contributed by atoms with Crippen LogP contribution in [-0.4, -0.2) is 198 Å². The first kappa shape index (κ1) is 88.7. The average Bonchev–Trinajstić information content (AvgIpc) is 0.857. The molecular weight excluding hydrogens is 1310 g/mol. The molecule has 0 aromatic carbocycles. The number of carboxylic acid groups (broad SMARTS) is 1. The van der Waals surface area contributed by atoms with Crippen LogP contribution in [0.25, 0.3) is 0 Å². The summed E-state index contributed by atoms with van der Waals surface area (Å²) in [7, 11) is 0. The van der Waals surface area contributed by atoms with Gasteiger partial charge in [0.1, 0.15) is 66.5 Å². The lowest BCUT2D eigenvalue weighted by atomic mass is 9.84. The Balaban J connectivity index is 3.41. The second-order valence-electron chi connectivity index (χ2n) is 25.9. The van der Waals surface area contributed by atoms with Crippen molar-refractivity contribution in [2.75, 3.05) is 26.2 Å². The molecule has 0 heterocycles. The monoisotopic (exact) mass is 1420 g/mol. The number of guanidine groups is 1. The molecule has 15 amide bonds. The maximum absolute atomic E-state index is 14.3. The third-order valence-electron chi connectivity index (χ3n) is 16.6. The number of nitrogens with zero attached hydrogens (tertiary/aromatic N) is 1. The van der Waals surface area contributed by atoms with Crippen LogP contribution in [-0.2, 0) is 76.7 Å². The highest BCUT2D eigenvalue weighted by Crippen LogP contribution is 2.28. The van der Waals surface area contributed by atoms with Crippen molar-refractivity contribution in [1.82, 2.24) is 63.8 Å². The lowest BCUT2D eigenvalue weighted by Crippen LogP contribution is -2.61. The number of rotatable bonds is 49. The van der Waals surface area contributed by atoms with Crippen molar-refractivity contribution in [3.63, 3.8) is 0 Å². The molecule has 27 N–H and O–H groups in total. The number of carboxylic acids is 1. The van der Waals surface area contributed by atoms with Gasteiger partial charge in [-0.3, -0.25) is 81.7 Å². The molecule has 12 atom stereocenters. The maximum Gasteiger partial charge on any atom is 0.303 e. The number of hydrogen-bond acceptors (Lipinski definition) is 19. The van der Waals surface area contributed by atoms with Gasteiger partial charge in [0.2, 0.25) is 88.6 Å². The normalized spacial score (nSPS) is 15.8. The van der Waals surface area contributed by atoms with Gasteiger partial charge in [-0.05, 0) is 108 Å². The molecule has 1 aliphatic carbocycles. The molecular formula is C63H112N20O17. The summed E-state index contributed by atoms with van der Waals surface area (Å²) in [6, 6.07) is -15.3. The third kappa shape index (κ3) is 35.0. The molecule has 37 heteroatoms. The van der Waals surface area contributed by atoms with E-state index in [2.05, 4.69) is 68.8 Å². The van der Waals surface area contributed by atoms with Crippen molar-refractivity contribution < 1.29 is 81.8 Å². The molecule has 1 rings (SSSR count). The minimum absolute atomic E-state index is 0.0472. The average molecular weight is 1420 g/mol. The Labute approximate surface area is 583 Å². The largest absolute Gasteiger partial charge is 0.481 e. The van der Waals surface area contributed by atoms with E-state index >= 15 is 0 Å². The van der Waals surface area contributed by atoms with Gasteiger partial charge in [0.15, 0.2) is 5.96 Å². The molecule has 0 spiro atoms. The summed E-state index contributed by atoms with van der Waals surface area (Å²) in [5.41, 5.74) is 38.5. The van der Waals surface area contributed by atoms with Crippen molar-refractivity contribution >= 4 is 101 Å². The highest BCUT2D eigenvalue weighted by Gasteiger charge is 2.38. The summed E-state index contributed by atoms with van der Waals surface area (Å²) < 4.78 is 0. The lowest BCUT2D eigenvalue weighted by Gasteiger charge is -2.31. The van der Waals surface area contributed by atoms with E-state index in [9.17, 15) is 81.8 Å². The molecule has 0 aromatic rings. The highest BCUT2D eigenvalue weighted by molar-refractivity contribution is 6.00. The van der Waals surface area contributed by atoms with Crippen LogP contribution in [0.1, 0.15) is 177 Å². The van der Waals surface area contributed by atoms with E-state index in [1.54, 1.807) is 41.5 Å². The fourth-order valence-electron chi connectivity index (χ4n) is 10.7. The highest BCUT2D eigenvalue weighted by atomic mass is 16.4. The van der Waals surface area contributed by atoms with Crippen molar-refractivity contribution in [3.8, 4) is 0 Å². The van der Waals surface area contributed by atoms with Crippen LogP contribution < -0.4 is 104 Å². The summed E-state index contributed by atoms with van der Waals surface area (Å²) in [4.78, 5) is 217. The smallest absolute Gasteiger partial charge is 0.303 e. The molecule has 37 nitrogen and oxygen atoms in total. The fourth-order valence-corrected chi connectivity index (χ4v) is 10.7. The minimum Gasteiger partial charge on any atom is -0.481 e. The number of nitrogens with two attached hydrogens (primary N) is 7. The first-order valence-corrected chi connectivity index (χ1v) is 34.1. The molecule has 0 bridgehead atoms. The summed E-state index contributed by atoms with van der Waals surface area (Å²) in [6.07, 6.45) is 3.38.